The number of aliphatic hydroxyl groups is 2. The topological polar surface area (TPSA) is 183 Å². The van der Waals surface area contributed by atoms with E-state index in [1.807, 2.05) is 62.5 Å². The van der Waals surface area contributed by atoms with Gasteiger partial charge in [-0.1, -0.05) is 62.5 Å². The predicted octanol–water partition coefficient (Wildman–Crippen LogP) is 5.93. The molecule has 15 heteroatoms. The smallest absolute Gasteiger partial charge is 0.504 e. The maximum absolute atomic E-state index is 14.4. The molecule has 0 aromatic carbocycles. The lowest BCUT2D eigenvalue weighted by molar-refractivity contribution is -0.288. The van der Waals surface area contributed by atoms with Crippen molar-refractivity contribution in [1.82, 2.24) is 0 Å². The summed E-state index contributed by atoms with van der Waals surface area (Å²) in [6.45, 7) is 3.76. The molecule has 0 aromatic heterocycles. The molecule has 7 bridgehead atoms. The van der Waals surface area contributed by atoms with Gasteiger partial charge in [0.2, 0.25) is 0 Å². The van der Waals surface area contributed by atoms with Crippen LogP contribution in [0.25, 0.3) is 0 Å². The molecule has 6 rings (SSSR count). The Morgan fingerprint density at radius 3 is 1.29 bits per heavy atom. The van der Waals surface area contributed by atoms with Crippen LogP contribution < -0.4 is 0 Å². The van der Waals surface area contributed by atoms with Crippen molar-refractivity contribution in [2.75, 3.05) is 0 Å². The molecular weight excluding hydrogens is 763 g/mol. The molecule has 0 radical (unpaired) electrons. The fraction of sp³-hybridized carbons (Fsp3) is 0.727. The minimum atomic E-state index is -3.48. The van der Waals surface area contributed by atoms with Crippen LogP contribution in [0.3, 0.4) is 0 Å². The largest absolute Gasteiger partial charge is 0.536 e. The van der Waals surface area contributed by atoms with Gasteiger partial charge in [0.1, 0.15) is 11.6 Å². The summed E-state index contributed by atoms with van der Waals surface area (Å²) >= 11 is 0. The summed E-state index contributed by atoms with van der Waals surface area (Å²) in [5.41, 5.74) is 0. The maximum atomic E-state index is 14.4. The van der Waals surface area contributed by atoms with E-state index in [9.17, 15) is 29.4 Å². The van der Waals surface area contributed by atoms with Crippen LogP contribution in [-0.4, -0.2) is 101 Å². The molecule has 14 nitrogen and oxygen atoms in total. The molecule has 12 unspecified atom stereocenters. The summed E-state index contributed by atoms with van der Waals surface area (Å²) < 4.78 is 51.9. The Bertz CT molecular complexity index is 1490. The quantitative estimate of drug-likeness (QED) is 0.216. The first-order valence-electron chi connectivity index (χ1n) is 21.9. The van der Waals surface area contributed by atoms with Gasteiger partial charge in [-0.15, -0.1) is 0 Å². The fourth-order valence-corrected chi connectivity index (χ4v) is 9.05. The van der Waals surface area contributed by atoms with Crippen LogP contribution in [0.15, 0.2) is 48.6 Å². The van der Waals surface area contributed by atoms with E-state index < -0.39 is 91.1 Å². The van der Waals surface area contributed by atoms with E-state index in [4.69, 9.17) is 37.6 Å². The van der Waals surface area contributed by atoms with Crippen LogP contribution in [0.2, 0.25) is 0 Å². The number of ether oxygens (including phenoxy) is 4. The van der Waals surface area contributed by atoms with Gasteiger partial charge in [0.25, 0.3) is 0 Å². The monoisotopic (exact) mass is 827 g/mol. The van der Waals surface area contributed by atoms with Gasteiger partial charge in [-0.05, 0) is 90.9 Å². The number of cyclic esters (lactones) is 2. The predicted molar refractivity (Wildman–Crippen MR) is 215 cm³/mol. The Labute approximate surface area is 348 Å². The van der Waals surface area contributed by atoms with Gasteiger partial charge < -0.3 is 47.8 Å². The van der Waals surface area contributed by atoms with Gasteiger partial charge in [-0.3, -0.25) is 9.59 Å². The zero-order chi connectivity index (χ0) is 42.2. The minimum Gasteiger partial charge on any atom is -0.504 e. The third-order valence-corrected chi connectivity index (χ3v) is 12.4. The highest BCUT2D eigenvalue weighted by molar-refractivity contribution is 6.56. The molecule has 4 saturated heterocycles. The van der Waals surface area contributed by atoms with E-state index in [2.05, 4.69) is 0 Å². The number of rotatable bonds is 0. The number of carbonyl (C=O) groups excluding carboxylic acids is 4. The van der Waals surface area contributed by atoms with Crippen LogP contribution in [0.4, 0.5) is 0 Å². The minimum absolute atomic E-state index is 0.0462. The number of hydrogen-bond acceptors (Lipinski definition) is 14. The Morgan fingerprint density at radius 1 is 0.525 bits per heavy atom. The second-order valence-electron chi connectivity index (χ2n) is 17.4. The van der Waals surface area contributed by atoms with Crippen molar-refractivity contribution in [3.63, 3.8) is 0 Å². The molecule has 0 aromatic rings. The number of Topliss-reactive ketones (excluding diaryl/α,β-unsaturated/α-hetero) is 2. The van der Waals surface area contributed by atoms with Gasteiger partial charge in [-0.2, -0.15) is 0 Å². The van der Waals surface area contributed by atoms with Gasteiger partial charge in [-0.25, -0.2) is 9.59 Å². The normalized spacial score (nSPS) is 44.8. The third-order valence-electron chi connectivity index (χ3n) is 12.4. The maximum Gasteiger partial charge on any atom is 0.536 e. The average molecular weight is 828 g/mol. The summed E-state index contributed by atoms with van der Waals surface area (Å²) in [6.07, 6.45) is 13.8. The molecule has 59 heavy (non-hydrogen) atoms. The third kappa shape index (κ3) is 11.3. The van der Waals surface area contributed by atoms with Crippen molar-refractivity contribution in [3.05, 3.63) is 48.6 Å². The molecule has 3 spiro atoms. The Hall–Kier alpha value is -3.02. The zero-order valence-corrected chi connectivity index (χ0v) is 35.1. The second kappa shape index (κ2) is 20.2. The van der Waals surface area contributed by atoms with Crippen molar-refractivity contribution >= 4 is 30.5 Å². The van der Waals surface area contributed by atoms with Crippen molar-refractivity contribution in [3.8, 4) is 0 Å². The number of allylic oxidation sites excluding steroid dienone is 8. The number of esters is 2. The van der Waals surface area contributed by atoms with Crippen LogP contribution in [0.1, 0.15) is 130 Å². The molecular formula is C44H64BO14-. The highest BCUT2D eigenvalue weighted by Crippen LogP contribution is 2.55. The highest BCUT2D eigenvalue weighted by atomic mass is 17.0. The van der Waals surface area contributed by atoms with Crippen molar-refractivity contribution in [1.29, 1.82) is 0 Å². The lowest BCUT2D eigenvalue weighted by Crippen LogP contribution is -2.58. The lowest BCUT2D eigenvalue weighted by atomic mass is 9.85. The van der Waals surface area contributed by atoms with Crippen LogP contribution >= 0.6 is 0 Å². The van der Waals surface area contributed by atoms with Crippen LogP contribution in [0.5, 0.6) is 0 Å². The summed E-state index contributed by atoms with van der Waals surface area (Å²) in [7, 11) is 0. The van der Waals surface area contributed by atoms with Crippen molar-refractivity contribution < 1.29 is 67.0 Å². The molecule has 4 fully saturated rings. The molecule has 0 aliphatic carbocycles. The van der Waals surface area contributed by atoms with E-state index in [1.54, 1.807) is 13.8 Å². The first-order valence-corrected chi connectivity index (χ1v) is 21.9. The summed E-state index contributed by atoms with van der Waals surface area (Å²) in [5, 5.41) is 21.4. The number of carbonyl (C=O) groups is 4. The van der Waals surface area contributed by atoms with E-state index in [0.29, 0.717) is 77.0 Å². The summed E-state index contributed by atoms with van der Waals surface area (Å²) in [4.78, 5) is 55.5. The van der Waals surface area contributed by atoms with Gasteiger partial charge in [0.15, 0.2) is 23.8 Å². The molecule has 12 atom stereocenters. The first kappa shape index (κ1) is 45.5. The molecule has 6 aliphatic rings. The number of aliphatic hydroxyl groups excluding tert-OH is 2. The SMILES string of the molecule is CC1CC/C=C\C=C\CCC(O)CC(=O)CC2CCC(C)C3(O2)O[B-]24OC(C(=O)O1)C1(OC(CCC1C)CC(=O)CC(O)CC/C=C/C=C\CCC(C)OC(=O)C3O2)O4. The van der Waals surface area contributed by atoms with Gasteiger partial charge in [0, 0.05) is 37.5 Å². The van der Waals surface area contributed by atoms with Crippen LogP contribution in [0, 0.1) is 11.8 Å². The van der Waals surface area contributed by atoms with E-state index in [-0.39, 0.29) is 37.2 Å². The second-order valence-corrected chi connectivity index (χ2v) is 17.4. The number of ketones is 2. The Kier molecular flexibility index (Phi) is 15.6. The van der Waals surface area contributed by atoms with Crippen molar-refractivity contribution in [2.24, 2.45) is 11.8 Å². The van der Waals surface area contributed by atoms with Gasteiger partial charge in [0.05, 0.1) is 36.6 Å². The van der Waals surface area contributed by atoms with Gasteiger partial charge >= 0.3 is 18.9 Å². The van der Waals surface area contributed by atoms with E-state index >= 15 is 0 Å². The fourth-order valence-electron chi connectivity index (χ4n) is 9.05. The molecule has 328 valence electrons. The standard InChI is InChI=1S/C44H64BO14/c1-29-21-23-37-27-35(48)25-33(46)19-15-11-8-6-10-14-18-32(4)53-42(51)40-44-30(2)22-24-38(55-44)28-36(49)26-34(47)20-16-12-7-5-9-13-17-31(3)52-41(50)39-43(29,54-37)58-45(56-39,57-40)59-44/h5-12,29-34,37-40,46-47H,13-28H2,1-4H3/q-1/b9-5-,10-6-,11-8+,12-7+. The van der Waals surface area contributed by atoms with Crippen LogP contribution in [-0.2, 0) is 56.7 Å². The van der Waals surface area contributed by atoms with Crippen molar-refractivity contribution in [2.45, 2.75) is 191 Å². The molecule has 0 saturated carbocycles. The first-order chi connectivity index (χ1) is 28.2. The molecule has 2 N–H and O–H groups in total. The highest BCUT2D eigenvalue weighted by Gasteiger charge is 2.72. The molecule has 6 heterocycles. The summed E-state index contributed by atoms with van der Waals surface area (Å²) in [6, 6.07) is 0. The zero-order valence-electron chi connectivity index (χ0n) is 35.1. The number of fused-ring (bicyclic) bond motifs is 4. The van der Waals surface area contributed by atoms with E-state index in [0.717, 1.165) is 0 Å². The van der Waals surface area contributed by atoms with E-state index in [1.165, 1.54) is 0 Å². The Morgan fingerprint density at radius 2 is 0.898 bits per heavy atom. The lowest BCUT2D eigenvalue weighted by Gasteiger charge is -2.48. The molecule has 6 aliphatic heterocycles. The number of hydrogen-bond donors (Lipinski definition) is 2. The summed E-state index contributed by atoms with van der Waals surface area (Å²) in [5.74, 6) is -6.76. The Balaban J connectivity index is 1.39. The molecule has 0 amide bonds. The average Bonchev–Trinajstić information content (AvgIpc) is 3.66.